The van der Waals surface area contributed by atoms with Gasteiger partial charge in [0.15, 0.2) is 5.82 Å². The predicted octanol–water partition coefficient (Wildman–Crippen LogP) is 2.01. The summed E-state index contributed by atoms with van der Waals surface area (Å²) >= 11 is 0. The number of rotatable bonds is 2. The molecule has 2 rings (SSSR count). The third-order valence-corrected chi connectivity index (χ3v) is 3.20. The van der Waals surface area contributed by atoms with E-state index in [0.29, 0.717) is 6.04 Å². The van der Waals surface area contributed by atoms with Crippen LogP contribution in [0.15, 0.2) is 0 Å². The van der Waals surface area contributed by atoms with Gasteiger partial charge < -0.3 is 10.2 Å². The number of nitrogens with one attached hydrogen (secondary N) is 1. The van der Waals surface area contributed by atoms with E-state index in [0.717, 1.165) is 19.5 Å². The zero-order valence-electron chi connectivity index (χ0n) is 10.7. The maximum atomic E-state index is 4.60. The molecule has 16 heavy (non-hydrogen) atoms. The van der Waals surface area contributed by atoms with Crippen molar-refractivity contribution in [1.82, 2.24) is 9.78 Å². The molecule has 0 fully saturated rings. The van der Waals surface area contributed by atoms with Crippen LogP contribution in [-0.4, -0.2) is 28.9 Å². The van der Waals surface area contributed by atoms with E-state index in [9.17, 15) is 0 Å². The lowest BCUT2D eigenvalue weighted by Crippen LogP contribution is -2.32. The van der Waals surface area contributed by atoms with Crippen molar-refractivity contribution in [3.63, 3.8) is 0 Å². The van der Waals surface area contributed by atoms with E-state index in [1.54, 1.807) is 0 Å². The largest absolute Gasteiger partial charge is 0.380 e. The molecule has 4 nitrogen and oxygen atoms in total. The van der Waals surface area contributed by atoms with Gasteiger partial charge in [0.25, 0.3) is 0 Å². The fraction of sp³-hybridized carbons (Fsp3) is 0.750. The fourth-order valence-electron chi connectivity index (χ4n) is 2.40. The molecule has 0 amide bonds. The predicted molar refractivity (Wildman–Crippen MR) is 68.2 cm³/mol. The van der Waals surface area contributed by atoms with Crippen molar-refractivity contribution in [2.45, 2.75) is 39.7 Å². The van der Waals surface area contributed by atoms with E-state index in [-0.39, 0.29) is 0 Å². The average Bonchev–Trinajstić information content (AvgIpc) is 2.47. The van der Waals surface area contributed by atoms with Crippen molar-refractivity contribution in [2.24, 2.45) is 7.05 Å². The van der Waals surface area contributed by atoms with E-state index in [1.165, 1.54) is 23.6 Å². The van der Waals surface area contributed by atoms with Crippen LogP contribution in [0.25, 0.3) is 0 Å². The molecule has 0 bridgehead atoms. The zero-order chi connectivity index (χ0) is 11.7. The van der Waals surface area contributed by atoms with Crippen LogP contribution in [0.5, 0.6) is 0 Å². The number of hydrogen-bond donors (Lipinski definition) is 1. The van der Waals surface area contributed by atoms with Gasteiger partial charge in [0.2, 0.25) is 0 Å². The van der Waals surface area contributed by atoms with Crippen molar-refractivity contribution in [3.8, 4) is 0 Å². The Bertz CT molecular complexity index is 367. The molecule has 1 aromatic heterocycles. The second-order valence-corrected chi connectivity index (χ2v) is 4.69. The normalized spacial score (nSPS) is 15.9. The molecule has 0 aromatic carbocycles. The third-order valence-electron chi connectivity index (χ3n) is 3.20. The highest BCUT2D eigenvalue weighted by Crippen LogP contribution is 2.32. The zero-order valence-corrected chi connectivity index (χ0v) is 10.7. The van der Waals surface area contributed by atoms with Crippen LogP contribution < -0.4 is 10.2 Å². The highest BCUT2D eigenvalue weighted by molar-refractivity contribution is 5.70. The van der Waals surface area contributed by atoms with Gasteiger partial charge in [-0.25, -0.2) is 0 Å². The van der Waals surface area contributed by atoms with Gasteiger partial charge in [-0.15, -0.1) is 0 Å². The Morgan fingerprint density at radius 3 is 2.81 bits per heavy atom. The number of aryl methyl sites for hydroxylation is 2. The van der Waals surface area contributed by atoms with Crippen LogP contribution >= 0.6 is 0 Å². The molecule has 1 aliphatic heterocycles. The van der Waals surface area contributed by atoms with Gasteiger partial charge in [-0.2, -0.15) is 5.10 Å². The van der Waals surface area contributed by atoms with Crippen LogP contribution in [0, 0.1) is 0 Å². The number of fused-ring (bicyclic) bond motifs is 1. The van der Waals surface area contributed by atoms with Crippen molar-refractivity contribution >= 4 is 11.5 Å². The topological polar surface area (TPSA) is 33.1 Å². The van der Waals surface area contributed by atoms with E-state index in [1.807, 2.05) is 11.7 Å². The third kappa shape index (κ3) is 1.77. The van der Waals surface area contributed by atoms with E-state index < -0.39 is 0 Å². The molecule has 1 aromatic rings. The van der Waals surface area contributed by atoms with Gasteiger partial charge in [-0.05, 0) is 26.7 Å². The van der Waals surface area contributed by atoms with Gasteiger partial charge in [-0.3, -0.25) is 4.68 Å². The second-order valence-electron chi connectivity index (χ2n) is 4.69. The molecule has 1 N–H and O–H groups in total. The summed E-state index contributed by atoms with van der Waals surface area (Å²) in [5, 5.41) is 8.12. The minimum atomic E-state index is 0.527. The molecular weight excluding hydrogens is 200 g/mol. The fourth-order valence-corrected chi connectivity index (χ4v) is 2.40. The Morgan fingerprint density at radius 2 is 2.19 bits per heavy atom. The number of nitrogens with zero attached hydrogens (tertiary/aromatic N) is 3. The van der Waals surface area contributed by atoms with Gasteiger partial charge in [0, 0.05) is 26.2 Å². The average molecular weight is 222 g/mol. The molecule has 2 heterocycles. The first-order valence-corrected chi connectivity index (χ1v) is 6.21. The Morgan fingerprint density at radius 1 is 1.44 bits per heavy atom. The van der Waals surface area contributed by atoms with E-state index >= 15 is 0 Å². The molecule has 0 atom stereocenters. The monoisotopic (exact) mass is 222 g/mol. The van der Waals surface area contributed by atoms with Crippen LogP contribution in [0.3, 0.4) is 0 Å². The lowest BCUT2D eigenvalue weighted by molar-refractivity contribution is 0.628. The second kappa shape index (κ2) is 4.36. The maximum Gasteiger partial charge on any atom is 0.150 e. The van der Waals surface area contributed by atoms with Gasteiger partial charge in [0.1, 0.15) is 5.69 Å². The summed E-state index contributed by atoms with van der Waals surface area (Å²) < 4.78 is 2.02. The molecule has 4 heteroatoms. The minimum absolute atomic E-state index is 0.527. The quantitative estimate of drug-likeness (QED) is 0.831. The molecule has 0 spiro atoms. The Balaban J connectivity index is 2.48. The van der Waals surface area contributed by atoms with Crippen LogP contribution in [0.1, 0.15) is 32.9 Å². The molecule has 0 saturated carbocycles. The summed E-state index contributed by atoms with van der Waals surface area (Å²) in [6, 6.07) is 0.527. The van der Waals surface area contributed by atoms with Crippen molar-refractivity contribution in [1.29, 1.82) is 0 Å². The summed E-state index contributed by atoms with van der Waals surface area (Å²) in [5.74, 6) is 1.25. The Hall–Kier alpha value is -1.19. The summed E-state index contributed by atoms with van der Waals surface area (Å²) in [6.45, 7) is 8.81. The molecule has 0 aliphatic carbocycles. The highest BCUT2D eigenvalue weighted by atomic mass is 15.4. The van der Waals surface area contributed by atoms with Gasteiger partial charge >= 0.3 is 0 Å². The van der Waals surface area contributed by atoms with Crippen molar-refractivity contribution < 1.29 is 0 Å². The number of hydrogen-bond acceptors (Lipinski definition) is 3. The van der Waals surface area contributed by atoms with Crippen LogP contribution in [-0.2, 0) is 13.5 Å². The summed E-state index contributed by atoms with van der Waals surface area (Å²) in [6.07, 6.45) is 2.18. The van der Waals surface area contributed by atoms with Crippen molar-refractivity contribution in [2.75, 3.05) is 23.3 Å². The molecule has 0 radical (unpaired) electrons. The summed E-state index contributed by atoms with van der Waals surface area (Å²) in [4.78, 5) is 2.45. The molecule has 0 saturated heterocycles. The lowest BCUT2D eigenvalue weighted by atomic mass is 10.2. The molecule has 1 aliphatic rings. The lowest BCUT2D eigenvalue weighted by Gasteiger charge is -2.27. The Kier molecular flexibility index (Phi) is 3.08. The standard InChI is InChI=1S/C12H22N4/c1-5-10-11-12(15(4)14-10)16(9(2)3)8-6-7-13-11/h9,13H,5-8H2,1-4H3. The SMILES string of the molecule is CCc1nn(C)c2c1NCCCN2C(C)C. The maximum absolute atomic E-state index is 4.60. The van der Waals surface area contributed by atoms with E-state index in [2.05, 4.69) is 36.1 Å². The Labute approximate surface area is 97.6 Å². The van der Waals surface area contributed by atoms with Crippen LogP contribution in [0.2, 0.25) is 0 Å². The molecule has 0 unspecified atom stereocenters. The van der Waals surface area contributed by atoms with Gasteiger partial charge in [0.05, 0.1) is 5.69 Å². The summed E-state index contributed by atoms with van der Waals surface area (Å²) in [5.41, 5.74) is 2.43. The first-order chi connectivity index (χ1) is 7.65. The number of aromatic nitrogens is 2. The minimum Gasteiger partial charge on any atom is -0.380 e. The first-order valence-electron chi connectivity index (χ1n) is 6.21. The molecule has 90 valence electrons. The number of anilines is 2. The van der Waals surface area contributed by atoms with E-state index in [4.69, 9.17) is 0 Å². The smallest absolute Gasteiger partial charge is 0.150 e. The van der Waals surface area contributed by atoms with Crippen LogP contribution in [0.4, 0.5) is 11.5 Å². The summed E-state index contributed by atoms with van der Waals surface area (Å²) in [7, 11) is 2.04. The molecular formula is C12H22N4. The highest BCUT2D eigenvalue weighted by Gasteiger charge is 2.24. The first kappa shape index (κ1) is 11.3. The van der Waals surface area contributed by atoms with Crippen molar-refractivity contribution in [3.05, 3.63) is 5.69 Å². The van der Waals surface area contributed by atoms with Gasteiger partial charge in [-0.1, -0.05) is 6.92 Å².